The highest BCUT2D eigenvalue weighted by Crippen LogP contribution is 2.56. The molecular weight excluding hydrogens is 455 g/mol. The number of benzene rings is 1. The average molecular weight is 484 g/mol. The lowest BCUT2D eigenvalue weighted by Crippen LogP contribution is -2.21. The maximum Gasteiger partial charge on any atom is 0.122 e. The monoisotopic (exact) mass is 484 g/mol. The molecule has 2 aliphatic carbocycles. The third-order valence-electron chi connectivity index (χ3n) is 6.08. The molecule has 0 aromatic heterocycles. The molecule has 4 heteroatoms. The van der Waals surface area contributed by atoms with E-state index in [-0.39, 0.29) is 0 Å². The molecule has 142 valence electrons. The van der Waals surface area contributed by atoms with Crippen molar-refractivity contribution in [2.24, 2.45) is 5.41 Å². The van der Waals surface area contributed by atoms with Crippen LogP contribution >= 0.6 is 30.1 Å². The molecule has 3 rings (SSSR count). The van der Waals surface area contributed by atoms with Gasteiger partial charge in [0.2, 0.25) is 0 Å². The molecular formula is C22H29IO2S. The molecule has 1 fully saturated rings. The lowest BCUT2D eigenvalue weighted by Gasteiger charge is -2.36. The molecule has 0 spiro atoms. The molecule has 26 heavy (non-hydrogen) atoms. The maximum absolute atomic E-state index is 5.60. The second-order valence-electron chi connectivity index (χ2n) is 7.56. The van der Waals surface area contributed by atoms with Gasteiger partial charge >= 0.3 is 0 Å². The molecule has 1 aromatic carbocycles. The van der Waals surface area contributed by atoms with Gasteiger partial charge in [-0.1, -0.05) is 28.4 Å². The Hall–Kier alpha value is -0.620. The van der Waals surface area contributed by atoms with Crippen LogP contribution in [0.3, 0.4) is 0 Å². The van der Waals surface area contributed by atoms with E-state index in [1.54, 1.807) is 35.8 Å². The zero-order valence-electron chi connectivity index (χ0n) is 16.3. The Balaban J connectivity index is 1.94. The minimum atomic E-state index is 0.389. The number of aryl methyl sites for hydroxylation is 1. The maximum atomic E-state index is 5.60. The topological polar surface area (TPSA) is 18.5 Å². The summed E-state index contributed by atoms with van der Waals surface area (Å²) in [5, 5.41) is 0. The molecule has 2 aliphatic rings. The van der Waals surface area contributed by atoms with Crippen LogP contribution in [0.4, 0.5) is 0 Å². The first-order valence-electron chi connectivity index (χ1n) is 9.50. The molecule has 2 nitrogen and oxygen atoms in total. The van der Waals surface area contributed by atoms with Crippen molar-refractivity contribution in [1.82, 2.24) is 0 Å². The summed E-state index contributed by atoms with van der Waals surface area (Å²) >= 11 is 2.48. The average Bonchev–Trinajstić information content (AvgIpc) is 3.06. The van der Waals surface area contributed by atoms with Crippen LogP contribution in [0, 0.1) is 5.41 Å². The van der Waals surface area contributed by atoms with Gasteiger partial charge in [-0.15, -0.1) is 0 Å². The van der Waals surface area contributed by atoms with Gasteiger partial charge in [0.1, 0.15) is 11.5 Å². The number of hydrogen-bond acceptors (Lipinski definition) is 3. The number of methoxy groups -OCH3 is 2. The van der Waals surface area contributed by atoms with Gasteiger partial charge in [-0.25, -0.2) is 0 Å². The Bertz CT molecular complexity index is 738. The first-order valence-corrected chi connectivity index (χ1v) is 12.9. The van der Waals surface area contributed by atoms with E-state index in [0.717, 1.165) is 30.8 Å². The van der Waals surface area contributed by atoms with Crippen LogP contribution in [-0.2, 0) is 6.42 Å². The van der Waals surface area contributed by atoms with Crippen LogP contribution in [0.25, 0.3) is 0 Å². The van der Waals surface area contributed by atoms with Gasteiger partial charge < -0.3 is 9.47 Å². The number of allylic oxidation sites excluding steroid dienone is 4. The smallest absolute Gasteiger partial charge is 0.122 e. The summed E-state index contributed by atoms with van der Waals surface area (Å²) in [5.74, 6) is 1.87. The summed E-state index contributed by atoms with van der Waals surface area (Å²) in [6.45, 7) is 4.80. The van der Waals surface area contributed by atoms with Crippen molar-refractivity contribution in [2.45, 2.75) is 58.8 Å². The summed E-state index contributed by atoms with van der Waals surface area (Å²) in [7, 11) is 5.42. The lowest BCUT2D eigenvalue weighted by atomic mass is 9.72. The number of ether oxygens (including phenoxy) is 2. The molecule has 0 saturated heterocycles. The van der Waals surface area contributed by atoms with Crippen molar-refractivity contribution in [1.29, 1.82) is 0 Å². The van der Waals surface area contributed by atoms with Crippen LogP contribution < -0.4 is 9.47 Å². The Morgan fingerprint density at radius 3 is 2.62 bits per heavy atom. The van der Waals surface area contributed by atoms with Crippen molar-refractivity contribution >= 4 is 30.1 Å². The quantitative estimate of drug-likeness (QED) is 0.379. The van der Waals surface area contributed by atoms with Crippen molar-refractivity contribution in [2.75, 3.05) is 14.2 Å². The van der Waals surface area contributed by atoms with E-state index in [2.05, 4.69) is 41.1 Å². The molecule has 0 aliphatic heterocycles. The minimum Gasteiger partial charge on any atom is -0.497 e. The Labute approximate surface area is 174 Å². The van der Waals surface area contributed by atoms with E-state index in [1.807, 2.05) is 21.1 Å². The van der Waals surface area contributed by atoms with Gasteiger partial charge in [0.15, 0.2) is 0 Å². The number of hydrogen-bond donors (Lipinski definition) is 0. The zero-order chi connectivity index (χ0) is 18.7. The van der Waals surface area contributed by atoms with Gasteiger partial charge in [0, 0.05) is 21.2 Å². The molecule has 1 atom stereocenters. The SMILES string of the molecule is CCC1=C(SI)C[C@]2(C)CCCC2=C1CCc1cc(OC)ccc1OC. The fourth-order valence-corrected chi connectivity index (χ4v) is 6.75. The predicted octanol–water partition coefficient (Wildman–Crippen LogP) is 7.27. The van der Waals surface area contributed by atoms with Crippen molar-refractivity contribution in [3.63, 3.8) is 0 Å². The zero-order valence-corrected chi connectivity index (χ0v) is 19.3. The van der Waals surface area contributed by atoms with E-state index < -0.39 is 0 Å². The minimum absolute atomic E-state index is 0.389. The second-order valence-corrected chi connectivity index (χ2v) is 9.53. The van der Waals surface area contributed by atoms with E-state index in [1.165, 1.54) is 31.2 Å². The van der Waals surface area contributed by atoms with Crippen LogP contribution in [0.2, 0.25) is 0 Å². The van der Waals surface area contributed by atoms with Crippen LogP contribution in [0.15, 0.2) is 39.8 Å². The predicted molar refractivity (Wildman–Crippen MR) is 120 cm³/mol. The van der Waals surface area contributed by atoms with E-state index >= 15 is 0 Å². The van der Waals surface area contributed by atoms with Crippen molar-refractivity contribution in [3.05, 3.63) is 45.4 Å². The molecule has 0 heterocycles. The molecule has 0 amide bonds. The molecule has 0 radical (unpaired) electrons. The van der Waals surface area contributed by atoms with E-state index in [0.29, 0.717) is 5.41 Å². The number of fused-ring (bicyclic) bond motifs is 1. The van der Waals surface area contributed by atoms with Gasteiger partial charge in [-0.3, -0.25) is 0 Å². The summed E-state index contributed by atoms with van der Waals surface area (Å²) in [6.07, 6.45) is 8.43. The third kappa shape index (κ3) is 3.82. The Morgan fingerprint density at radius 2 is 1.96 bits per heavy atom. The first kappa shape index (κ1) is 20.1. The summed E-state index contributed by atoms with van der Waals surface area (Å²) in [6, 6.07) is 6.13. The van der Waals surface area contributed by atoms with Crippen molar-refractivity contribution in [3.8, 4) is 11.5 Å². The van der Waals surface area contributed by atoms with E-state index in [4.69, 9.17) is 9.47 Å². The van der Waals surface area contributed by atoms with Crippen LogP contribution in [-0.4, -0.2) is 14.2 Å². The molecule has 0 N–H and O–H groups in total. The summed E-state index contributed by atoms with van der Waals surface area (Å²) < 4.78 is 11.0. The second kappa shape index (κ2) is 8.59. The normalized spacial score (nSPS) is 22.7. The molecule has 0 bridgehead atoms. The lowest BCUT2D eigenvalue weighted by molar-refractivity contribution is 0.396. The van der Waals surface area contributed by atoms with Crippen LogP contribution in [0.1, 0.15) is 57.9 Å². The van der Waals surface area contributed by atoms with Gasteiger partial charge in [-0.2, -0.15) is 0 Å². The van der Waals surface area contributed by atoms with Gasteiger partial charge in [-0.05, 0) is 90.2 Å². The highest BCUT2D eigenvalue weighted by atomic mass is 127. The Morgan fingerprint density at radius 1 is 1.15 bits per heavy atom. The summed E-state index contributed by atoms with van der Waals surface area (Å²) in [5.41, 5.74) is 6.62. The number of halogens is 1. The fourth-order valence-electron chi connectivity index (χ4n) is 4.75. The fraction of sp³-hybridized carbons (Fsp3) is 0.545. The van der Waals surface area contributed by atoms with Crippen LogP contribution in [0.5, 0.6) is 11.5 Å². The molecule has 1 aromatic rings. The Kier molecular flexibility index (Phi) is 6.65. The third-order valence-corrected chi connectivity index (χ3v) is 8.25. The molecule has 0 unspecified atom stereocenters. The van der Waals surface area contributed by atoms with Crippen molar-refractivity contribution < 1.29 is 9.47 Å². The van der Waals surface area contributed by atoms with Gasteiger partial charge in [0.05, 0.1) is 14.2 Å². The number of rotatable bonds is 7. The largest absolute Gasteiger partial charge is 0.497 e. The highest BCUT2D eigenvalue weighted by Gasteiger charge is 2.40. The van der Waals surface area contributed by atoms with Gasteiger partial charge in [0.25, 0.3) is 0 Å². The summed E-state index contributed by atoms with van der Waals surface area (Å²) in [4.78, 5) is 1.61. The first-order chi connectivity index (χ1) is 12.6. The standard InChI is InChI=1S/C22H29IO2S/c1-5-17-18(19-7-6-12-22(19,2)14-21(17)26-23)10-8-15-13-16(24-3)9-11-20(15)25-4/h9,11,13H,5-8,10,12,14H2,1-4H3/t22-/m0/s1. The highest BCUT2D eigenvalue weighted by molar-refractivity contribution is 14.2. The molecule has 1 saturated carbocycles. The van der Waals surface area contributed by atoms with E-state index in [9.17, 15) is 0 Å².